The fraction of sp³-hybridized carbons (Fsp3) is 0.833. The van der Waals surface area contributed by atoms with Crippen LogP contribution in [0.15, 0.2) is 12.2 Å². The zero-order valence-electron chi connectivity index (χ0n) is 24.8. The Balaban J connectivity index is 0. The Morgan fingerprint density at radius 2 is 0.944 bits per heavy atom. The molecule has 0 amide bonds. The van der Waals surface area contributed by atoms with Crippen LogP contribution in [0, 0.1) is 10.8 Å². The Morgan fingerprint density at radius 3 is 1.33 bits per heavy atom. The van der Waals surface area contributed by atoms with Crippen molar-refractivity contribution in [3.8, 4) is 0 Å². The Hall–Kier alpha value is -1.85. The molecule has 0 N–H and O–H groups in total. The van der Waals surface area contributed by atoms with Gasteiger partial charge in [0.25, 0.3) is 0 Å². The van der Waals surface area contributed by atoms with E-state index in [9.17, 15) is 14.4 Å². The molecule has 0 saturated carbocycles. The number of carbonyl (C=O) groups is 3. The monoisotopic (exact) mass is 512 g/mol. The third-order valence-electron chi connectivity index (χ3n) is 6.50. The zero-order valence-corrected chi connectivity index (χ0v) is 24.8. The second-order valence-corrected chi connectivity index (χ2v) is 10.8. The summed E-state index contributed by atoms with van der Waals surface area (Å²) in [4.78, 5) is 34.2. The van der Waals surface area contributed by atoms with Crippen molar-refractivity contribution < 1.29 is 28.6 Å². The molecule has 36 heavy (non-hydrogen) atoms. The molecule has 0 aliphatic rings. The van der Waals surface area contributed by atoms with E-state index in [1.807, 2.05) is 41.5 Å². The van der Waals surface area contributed by atoms with E-state index in [2.05, 4.69) is 13.5 Å². The van der Waals surface area contributed by atoms with Crippen LogP contribution < -0.4 is 0 Å². The minimum absolute atomic E-state index is 0.0454. The lowest BCUT2D eigenvalue weighted by atomic mass is 9.91. The van der Waals surface area contributed by atoms with Gasteiger partial charge in [0.2, 0.25) is 0 Å². The van der Waals surface area contributed by atoms with Crippen LogP contribution in [0.1, 0.15) is 132 Å². The third kappa shape index (κ3) is 19.4. The average Bonchev–Trinajstić information content (AvgIpc) is 2.84. The van der Waals surface area contributed by atoms with E-state index in [-0.39, 0.29) is 30.6 Å². The van der Waals surface area contributed by atoms with Gasteiger partial charge in [0.1, 0.15) is 13.2 Å². The van der Waals surface area contributed by atoms with E-state index in [4.69, 9.17) is 14.2 Å². The molecular weight excluding hydrogens is 456 g/mol. The Labute approximate surface area is 221 Å². The summed E-state index contributed by atoms with van der Waals surface area (Å²) in [6, 6.07) is 0. The predicted octanol–water partition coefficient (Wildman–Crippen LogP) is 7.97. The van der Waals surface area contributed by atoms with Crippen molar-refractivity contribution >= 4 is 17.9 Å². The lowest BCUT2D eigenvalue weighted by molar-refractivity contribution is -0.158. The lowest BCUT2D eigenvalue weighted by Crippen LogP contribution is -2.27. The highest BCUT2D eigenvalue weighted by molar-refractivity contribution is 5.86. The Bertz CT molecular complexity index is 621. The smallest absolute Gasteiger partial charge is 0.333 e. The zero-order chi connectivity index (χ0) is 28.0. The molecule has 0 aliphatic carbocycles. The first-order valence-electron chi connectivity index (χ1n) is 14.0. The predicted molar refractivity (Wildman–Crippen MR) is 148 cm³/mol. The van der Waals surface area contributed by atoms with E-state index in [1.54, 1.807) is 6.92 Å². The van der Waals surface area contributed by atoms with E-state index in [0.717, 1.165) is 12.8 Å². The maximum atomic E-state index is 11.7. The average molecular weight is 513 g/mol. The number of esters is 3. The first-order valence-corrected chi connectivity index (χ1v) is 14.0. The first kappa shape index (κ1) is 36.3. The molecule has 0 heterocycles. The molecule has 0 aromatic rings. The van der Waals surface area contributed by atoms with Gasteiger partial charge in [0.05, 0.1) is 17.4 Å². The fourth-order valence-corrected chi connectivity index (χ4v) is 2.83. The number of rotatable bonds is 19. The van der Waals surface area contributed by atoms with Gasteiger partial charge >= 0.3 is 17.9 Å². The third-order valence-corrected chi connectivity index (χ3v) is 6.50. The van der Waals surface area contributed by atoms with Gasteiger partial charge in [-0.2, -0.15) is 0 Å². The number of ether oxygens (including phenoxy) is 3. The normalized spacial score (nSPS) is 11.2. The van der Waals surface area contributed by atoms with Gasteiger partial charge in [0, 0.05) is 5.57 Å². The second kappa shape index (κ2) is 21.3. The van der Waals surface area contributed by atoms with E-state index in [1.165, 1.54) is 57.8 Å². The van der Waals surface area contributed by atoms with Crippen LogP contribution in [0.25, 0.3) is 0 Å². The standard InChI is InChI=1S/C18H36O2.C12H20O4/c1-5-7-8-9-10-11-12-13-14-15-16-20-17(19)18(3,4)6-2;1-6-12(4,5)11(14)16-8-7-15-10(13)9(2)3/h5-16H2,1-4H3;2,6-8H2,1,3-5H3. The Kier molecular flexibility index (Phi) is 21.4. The molecule has 0 atom stereocenters. The van der Waals surface area contributed by atoms with Crippen molar-refractivity contribution in [1.29, 1.82) is 0 Å². The number of carbonyl (C=O) groups excluding carboxylic acids is 3. The molecule has 6 heteroatoms. The van der Waals surface area contributed by atoms with E-state index in [0.29, 0.717) is 18.6 Å². The van der Waals surface area contributed by atoms with Gasteiger partial charge in [-0.05, 0) is 53.9 Å². The molecule has 0 bridgehead atoms. The van der Waals surface area contributed by atoms with Crippen LogP contribution in [-0.4, -0.2) is 37.7 Å². The van der Waals surface area contributed by atoms with Crippen molar-refractivity contribution in [3.63, 3.8) is 0 Å². The highest BCUT2D eigenvalue weighted by Gasteiger charge is 2.27. The second-order valence-electron chi connectivity index (χ2n) is 10.8. The summed E-state index contributed by atoms with van der Waals surface area (Å²) in [5, 5.41) is 0. The van der Waals surface area contributed by atoms with Crippen molar-refractivity contribution in [1.82, 2.24) is 0 Å². The molecule has 212 valence electrons. The molecule has 0 fully saturated rings. The van der Waals surface area contributed by atoms with Gasteiger partial charge in [0.15, 0.2) is 0 Å². The number of hydrogen-bond donors (Lipinski definition) is 0. The quantitative estimate of drug-likeness (QED) is 0.0755. The van der Waals surface area contributed by atoms with E-state index >= 15 is 0 Å². The van der Waals surface area contributed by atoms with Crippen LogP contribution in [0.3, 0.4) is 0 Å². The summed E-state index contributed by atoms with van der Waals surface area (Å²) in [5.74, 6) is -0.789. The molecule has 0 unspecified atom stereocenters. The van der Waals surface area contributed by atoms with Crippen molar-refractivity contribution in [2.75, 3.05) is 19.8 Å². The van der Waals surface area contributed by atoms with Gasteiger partial charge < -0.3 is 14.2 Å². The van der Waals surface area contributed by atoms with Crippen LogP contribution >= 0.6 is 0 Å². The Morgan fingerprint density at radius 1 is 0.583 bits per heavy atom. The summed E-state index contributed by atoms with van der Waals surface area (Å²) in [6.45, 7) is 19.5. The topological polar surface area (TPSA) is 78.9 Å². The van der Waals surface area contributed by atoms with Crippen LogP contribution in [0.2, 0.25) is 0 Å². The molecule has 6 nitrogen and oxygen atoms in total. The molecule has 0 spiro atoms. The summed E-state index contributed by atoms with van der Waals surface area (Å²) in [7, 11) is 0. The summed E-state index contributed by atoms with van der Waals surface area (Å²) in [6.07, 6.45) is 14.6. The molecule has 0 rings (SSSR count). The van der Waals surface area contributed by atoms with E-state index < -0.39 is 11.4 Å². The van der Waals surface area contributed by atoms with Gasteiger partial charge in [-0.15, -0.1) is 0 Å². The highest BCUT2D eigenvalue weighted by Crippen LogP contribution is 2.22. The van der Waals surface area contributed by atoms with Gasteiger partial charge in [-0.3, -0.25) is 9.59 Å². The largest absolute Gasteiger partial charge is 0.465 e. The van der Waals surface area contributed by atoms with Gasteiger partial charge in [-0.25, -0.2) is 4.79 Å². The van der Waals surface area contributed by atoms with Crippen molar-refractivity contribution in [2.45, 2.75) is 132 Å². The molecule has 0 aromatic heterocycles. The summed E-state index contributed by atoms with van der Waals surface area (Å²) >= 11 is 0. The lowest BCUT2D eigenvalue weighted by Gasteiger charge is -2.20. The van der Waals surface area contributed by atoms with Crippen LogP contribution in [0.5, 0.6) is 0 Å². The molecule has 0 radical (unpaired) electrons. The minimum Gasteiger partial charge on any atom is -0.465 e. The maximum absolute atomic E-state index is 11.7. The van der Waals surface area contributed by atoms with Crippen molar-refractivity contribution in [2.24, 2.45) is 10.8 Å². The molecule has 0 saturated heterocycles. The van der Waals surface area contributed by atoms with Crippen LogP contribution in [0.4, 0.5) is 0 Å². The fourth-order valence-electron chi connectivity index (χ4n) is 2.83. The number of unbranched alkanes of at least 4 members (excludes halogenated alkanes) is 9. The summed E-state index contributed by atoms with van der Waals surface area (Å²) in [5.41, 5.74) is -0.475. The van der Waals surface area contributed by atoms with Crippen LogP contribution in [-0.2, 0) is 28.6 Å². The summed E-state index contributed by atoms with van der Waals surface area (Å²) < 4.78 is 15.1. The SMILES string of the molecule is C=C(C)C(=O)OCCOC(=O)C(C)(C)CC.CCCCCCCCCCCCOC(=O)C(C)(C)CC. The minimum atomic E-state index is -0.488. The highest BCUT2D eigenvalue weighted by atomic mass is 16.6. The van der Waals surface area contributed by atoms with Gasteiger partial charge in [-0.1, -0.05) is 85.1 Å². The molecule has 0 aliphatic heterocycles. The number of hydrogen-bond acceptors (Lipinski definition) is 6. The first-order chi connectivity index (χ1) is 16.9. The van der Waals surface area contributed by atoms with Crippen molar-refractivity contribution in [3.05, 3.63) is 12.2 Å². The molecular formula is C30H56O6. The maximum Gasteiger partial charge on any atom is 0.333 e. The molecule has 0 aromatic carbocycles.